The number of halogens is 1. The van der Waals surface area contributed by atoms with Crippen LogP contribution in [-0.4, -0.2) is 12.1 Å². The Kier molecular flexibility index (Phi) is 4.98. The van der Waals surface area contributed by atoms with E-state index >= 15 is 0 Å². The summed E-state index contributed by atoms with van der Waals surface area (Å²) in [6.45, 7) is 0.449. The second kappa shape index (κ2) is 6.72. The van der Waals surface area contributed by atoms with E-state index in [1.807, 2.05) is 42.5 Å². The highest BCUT2D eigenvalue weighted by atomic mass is 79.9. The van der Waals surface area contributed by atoms with Crippen molar-refractivity contribution in [2.24, 2.45) is 5.73 Å². The zero-order valence-electron chi connectivity index (χ0n) is 10.9. The Labute approximate surface area is 131 Å². The second-order valence-corrected chi connectivity index (χ2v) is 5.43. The van der Waals surface area contributed by atoms with Gasteiger partial charge in [-0.2, -0.15) is 0 Å². The number of nitrogens with two attached hydrogens (primary N) is 1. The number of methoxy groups -OCH3 is 1. The van der Waals surface area contributed by atoms with Crippen molar-refractivity contribution in [2.45, 2.75) is 6.61 Å². The van der Waals surface area contributed by atoms with Gasteiger partial charge in [0.25, 0.3) is 0 Å². The van der Waals surface area contributed by atoms with Gasteiger partial charge in [-0.3, -0.25) is 0 Å². The first kappa shape index (κ1) is 14.8. The van der Waals surface area contributed by atoms with Crippen LogP contribution in [0, 0.1) is 0 Å². The molecular formula is C15H14BrNO2S. The van der Waals surface area contributed by atoms with E-state index in [1.165, 1.54) is 0 Å². The molecule has 0 saturated heterocycles. The molecule has 0 spiro atoms. The van der Waals surface area contributed by atoms with E-state index < -0.39 is 0 Å². The van der Waals surface area contributed by atoms with Crippen LogP contribution in [0.2, 0.25) is 0 Å². The number of thiocarbonyl (C=S) groups is 1. The van der Waals surface area contributed by atoms with Gasteiger partial charge in [0.1, 0.15) is 23.1 Å². The van der Waals surface area contributed by atoms with E-state index in [1.54, 1.807) is 7.11 Å². The van der Waals surface area contributed by atoms with Gasteiger partial charge in [0, 0.05) is 15.6 Å². The summed E-state index contributed by atoms with van der Waals surface area (Å²) in [6.07, 6.45) is 0. The number of rotatable bonds is 5. The Balaban J connectivity index is 2.06. The minimum Gasteiger partial charge on any atom is -0.497 e. The third kappa shape index (κ3) is 3.71. The van der Waals surface area contributed by atoms with Crippen LogP contribution in [0.25, 0.3) is 0 Å². The van der Waals surface area contributed by atoms with Gasteiger partial charge in [-0.05, 0) is 42.5 Å². The first-order valence-corrected chi connectivity index (χ1v) is 7.15. The maximum Gasteiger partial charge on any atom is 0.119 e. The first-order valence-electron chi connectivity index (χ1n) is 5.95. The fourth-order valence-electron chi connectivity index (χ4n) is 1.67. The zero-order valence-corrected chi connectivity index (χ0v) is 13.3. The highest BCUT2D eigenvalue weighted by Gasteiger charge is 2.04. The number of ether oxygens (including phenoxy) is 2. The summed E-state index contributed by atoms with van der Waals surface area (Å²) < 4.78 is 11.9. The zero-order chi connectivity index (χ0) is 14.5. The molecule has 5 heteroatoms. The molecule has 0 aliphatic rings. The minimum absolute atomic E-state index is 0.382. The summed E-state index contributed by atoms with van der Waals surface area (Å²) in [6, 6.07) is 13.2. The molecule has 104 valence electrons. The molecule has 0 amide bonds. The van der Waals surface area contributed by atoms with Crippen LogP contribution in [0.4, 0.5) is 0 Å². The average molecular weight is 352 g/mol. The van der Waals surface area contributed by atoms with E-state index in [0.29, 0.717) is 11.6 Å². The van der Waals surface area contributed by atoms with Gasteiger partial charge in [0.15, 0.2) is 0 Å². The fraction of sp³-hybridized carbons (Fsp3) is 0.133. The lowest BCUT2D eigenvalue weighted by Gasteiger charge is -2.10. The van der Waals surface area contributed by atoms with Gasteiger partial charge >= 0.3 is 0 Å². The Hall–Kier alpha value is -1.59. The maximum atomic E-state index is 5.74. The number of hydrogen-bond acceptors (Lipinski definition) is 3. The predicted molar refractivity (Wildman–Crippen MR) is 87.4 cm³/mol. The van der Waals surface area contributed by atoms with E-state index in [-0.39, 0.29) is 0 Å². The normalized spacial score (nSPS) is 10.1. The van der Waals surface area contributed by atoms with E-state index in [9.17, 15) is 0 Å². The molecule has 2 aromatic rings. The van der Waals surface area contributed by atoms with Gasteiger partial charge in [0.2, 0.25) is 0 Å². The van der Waals surface area contributed by atoms with E-state index in [2.05, 4.69) is 15.9 Å². The molecule has 2 rings (SSSR count). The van der Waals surface area contributed by atoms with Gasteiger partial charge in [-0.25, -0.2) is 0 Å². The summed E-state index contributed by atoms with van der Waals surface area (Å²) in [5, 5.41) is 0. The van der Waals surface area contributed by atoms with Crippen molar-refractivity contribution in [1.29, 1.82) is 0 Å². The molecule has 0 heterocycles. The standard InChI is InChI=1S/C15H14BrNO2S/c1-18-13-6-7-14(16)11(8-13)9-19-12-4-2-10(3-5-12)15(17)20/h2-8H,9H2,1H3,(H2,17,20). The quantitative estimate of drug-likeness (QED) is 0.834. The molecule has 0 fully saturated rings. The lowest BCUT2D eigenvalue weighted by Crippen LogP contribution is -2.08. The summed E-state index contributed by atoms with van der Waals surface area (Å²) in [5.41, 5.74) is 7.40. The maximum absolute atomic E-state index is 5.74. The SMILES string of the molecule is COc1ccc(Br)c(COc2ccc(C(N)=S)cc2)c1. The van der Waals surface area contributed by atoms with Crippen LogP contribution in [0.3, 0.4) is 0 Å². The van der Waals surface area contributed by atoms with Gasteiger partial charge in [0.05, 0.1) is 7.11 Å². The molecule has 0 atom stereocenters. The monoisotopic (exact) mass is 351 g/mol. The van der Waals surface area contributed by atoms with Crippen molar-refractivity contribution in [3.8, 4) is 11.5 Å². The summed E-state index contributed by atoms with van der Waals surface area (Å²) in [4.78, 5) is 0.382. The van der Waals surface area contributed by atoms with Crippen LogP contribution in [-0.2, 0) is 6.61 Å². The highest BCUT2D eigenvalue weighted by Crippen LogP contribution is 2.24. The third-order valence-electron chi connectivity index (χ3n) is 2.79. The summed E-state index contributed by atoms with van der Waals surface area (Å²) >= 11 is 8.40. The van der Waals surface area contributed by atoms with Crippen molar-refractivity contribution in [1.82, 2.24) is 0 Å². The Bertz CT molecular complexity index is 614. The van der Waals surface area contributed by atoms with Crippen molar-refractivity contribution in [2.75, 3.05) is 7.11 Å². The van der Waals surface area contributed by atoms with Crippen LogP contribution in [0.1, 0.15) is 11.1 Å². The minimum atomic E-state index is 0.382. The van der Waals surface area contributed by atoms with E-state index in [4.69, 9.17) is 27.4 Å². The topological polar surface area (TPSA) is 44.5 Å². The molecule has 0 radical (unpaired) electrons. The van der Waals surface area contributed by atoms with Crippen molar-refractivity contribution in [3.63, 3.8) is 0 Å². The molecule has 2 N–H and O–H groups in total. The van der Waals surface area contributed by atoms with Gasteiger partial charge in [-0.15, -0.1) is 0 Å². The molecule has 2 aromatic carbocycles. The predicted octanol–water partition coefficient (Wildman–Crippen LogP) is 3.67. The Morgan fingerprint density at radius 2 is 1.80 bits per heavy atom. The number of benzene rings is 2. The van der Waals surface area contributed by atoms with Crippen molar-refractivity contribution < 1.29 is 9.47 Å². The lowest BCUT2D eigenvalue weighted by molar-refractivity contribution is 0.304. The third-order valence-corrected chi connectivity index (χ3v) is 3.80. The molecule has 0 bridgehead atoms. The van der Waals surface area contributed by atoms with Gasteiger partial charge in [-0.1, -0.05) is 28.1 Å². The van der Waals surface area contributed by atoms with E-state index in [0.717, 1.165) is 27.1 Å². The molecule has 0 saturated carbocycles. The second-order valence-electron chi connectivity index (χ2n) is 4.13. The smallest absolute Gasteiger partial charge is 0.119 e. The van der Waals surface area contributed by atoms with Gasteiger partial charge < -0.3 is 15.2 Å². The molecule has 3 nitrogen and oxygen atoms in total. The van der Waals surface area contributed by atoms with Crippen LogP contribution in [0.5, 0.6) is 11.5 Å². The molecule has 0 aliphatic carbocycles. The largest absolute Gasteiger partial charge is 0.497 e. The first-order chi connectivity index (χ1) is 9.60. The van der Waals surface area contributed by atoms with Crippen molar-refractivity contribution in [3.05, 3.63) is 58.1 Å². The Morgan fingerprint density at radius 1 is 1.15 bits per heavy atom. The van der Waals surface area contributed by atoms with Crippen LogP contribution in [0.15, 0.2) is 46.9 Å². The molecule has 0 aliphatic heterocycles. The molecule has 20 heavy (non-hydrogen) atoms. The average Bonchev–Trinajstić information content (AvgIpc) is 2.47. The summed E-state index contributed by atoms with van der Waals surface area (Å²) in [5.74, 6) is 1.57. The van der Waals surface area contributed by atoms with Crippen LogP contribution >= 0.6 is 28.1 Å². The van der Waals surface area contributed by atoms with Crippen LogP contribution < -0.4 is 15.2 Å². The molecule has 0 unspecified atom stereocenters. The fourth-order valence-corrected chi connectivity index (χ4v) is 2.16. The summed E-state index contributed by atoms with van der Waals surface area (Å²) in [7, 11) is 1.64. The molecular weight excluding hydrogens is 338 g/mol. The lowest BCUT2D eigenvalue weighted by atomic mass is 10.2. The van der Waals surface area contributed by atoms with Crippen molar-refractivity contribution >= 4 is 33.1 Å². The molecule has 0 aromatic heterocycles. The number of hydrogen-bond donors (Lipinski definition) is 1. The highest BCUT2D eigenvalue weighted by molar-refractivity contribution is 9.10. The Morgan fingerprint density at radius 3 is 2.40 bits per heavy atom.